The van der Waals surface area contributed by atoms with E-state index in [-0.39, 0.29) is 35.2 Å². The molecule has 10 nitrogen and oxygen atoms in total. The average Bonchev–Trinajstić information content (AvgIpc) is 3.32. The van der Waals surface area contributed by atoms with E-state index in [4.69, 9.17) is 25.6 Å². The second kappa shape index (κ2) is 10.4. The van der Waals surface area contributed by atoms with Crippen LogP contribution < -0.4 is 0 Å². The molecule has 0 unspecified atom stereocenters. The monoisotopic (exact) mass is 492 g/mol. The zero-order valence-corrected chi connectivity index (χ0v) is 19.1. The van der Waals surface area contributed by atoms with Gasteiger partial charge in [0.15, 0.2) is 0 Å². The summed E-state index contributed by atoms with van der Waals surface area (Å²) in [4.78, 5) is 20.6. The van der Waals surface area contributed by atoms with Crippen molar-refractivity contribution >= 4 is 27.6 Å². The molecule has 0 spiro atoms. The third kappa shape index (κ3) is 5.56. The number of nitrogens with zero attached hydrogens (tertiary/aromatic N) is 4. The number of aromatic nitrogens is 3. The highest BCUT2D eigenvalue weighted by Crippen LogP contribution is 2.27. The van der Waals surface area contributed by atoms with Crippen molar-refractivity contribution in [3.63, 3.8) is 0 Å². The van der Waals surface area contributed by atoms with Gasteiger partial charge < -0.3 is 14.0 Å². The standard InChI is InChI=1S/C21H21ClN4O6S/c22-17-6-5-15(13-18(17)33(28,29)26-8-11-30-12-9-26)21(27)31-10-2-4-19-24-20(25-32-19)16-3-1-7-23-14-16/h1,3,5-7,13-14H,2,4,8-12H2. The molecule has 1 aliphatic heterocycles. The molecule has 1 saturated heterocycles. The van der Waals surface area contributed by atoms with Gasteiger partial charge in [0.25, 0.3) is 0 Å². The Hall–Kier alpha value is -2.86. The Labute approximate surface area is 195 Å². The molecule has 0 amide bonds. The molecule has 0 radical (unpaired) electrons. The fraction of sp³-hybridized carbons (Fsp3) is 0.333. The number of ether oxygens (including phenoxy) is 2. The number of rotatable bonds is 8. The van der Waals surface area contributed by atoms with E-state index in [1.807, 2.05) is 6.07 Å². The van der Waals surface area contributed by atoms with E-state index in [2.05, 4.69) is 15.1 Å². The maximum absolute atomic E-state index is 12.9. The zero-order valence-electron chi connectivity index (χ0n) is 17.5. The summed E-state index contributed by atoms with van der Waals surface area (Å²) in [5.74, 6) is 0.201. The Balaban J connectivity index is 1.33. The number of carbonyl (C=O) groups excluding carboxylic acids is 1. The van der Waals surface area contributed by atoms with Crippen LogP contribution in [0.3, 0.4) is 0 Å². The van der Waals surface area contributed by atoms with Gasteiger partial charge in [0, 0.05) is 37.5 Å². The lowest BCUT2D eigenvalue weighted by Crippen LogP contribution is -2.40. The van der Waals surface area contributed by atoms with Gasteiger partial charge in [-0.2, -0.15) is 9.29 Å². The maximum atomic E-state index is 12.9. The van der Waals surface area contributed by atoms with Gasteiger partial charge in [0.1, 0.15) is 4.90 Å². The van der Waals surface area contributed by atoms with Crippen LogP contribution in [0.15, 0.2) is 52.1 Å². The Bertz CT molecular complexity index is 1210. The minimum atomic E-state index is -3.85. The number of carbonyl (C=O) groups is 1. The summed E-state index contributed by atoms with van der Waals surface area (Å²) >= 11 is 6.13. The Morgan fingerprint density at radius 3 is 2.79 bits per heavy atom. The van der Waals surface area contributed by atoms with Crippen molar-refractivity contribution in [1.29, 1.82) is 0 Å². The van der Waals surface area contributed by atoms with Crippen molar-refractivity contribution < 1.29 is 27.2 Å². The fourth-order valence-electron chi connectivity index (χ4n) is 3.19. The third-order valence-corrected chi connectivity index (χ3v) is 7.29. The highest BCUT2D eigenvalue weighted by atomic mass is 35.5. The topological polar surface area (TPSA) is 125 Å². The molecule has 33 heavy (non-hydrogen) atoms. The molecular formula is C21H21ClN4O6S. The number of hydrogen-bond donors (Lipinski definition) is 0. The maximum Gasteiger partial charge on any atom is 0.338 e. The summed E-state index contributed by atoms with van der Waals surface area (Å²) in [7, 11) is -3.85. The van der Waals surface area contributed by atoms with Gasteiger partial charge in [0.2, 0.25) is 21.7 Å². The number of sulfonamides is 1. The first-order chi connectivity index (χ1) is 15.9. The van der Waals surface area contributed by atoms with Crippen molar-refractivity contribution in [2.75, 3.05) is 32.9 Å². The highest BCUT2D eigenvalue weighted by molar-refractivity contribution is 7.89. The average molecular weight is 493 g/mol. The van der Waals surface area contributed by atoms with E-state index < -0.39 is 16.0 Å². The van der Waals surface area contributed by atoms with Gasteiger partial charge >= 0.3 is 5.97 Å². The molecule has 0 aliphatic carbocycles. The highest BCUT2D eigenvalue weighted by Gasteiger charge is 2.29. The van der Waals surface area contributed by atoms with Crippen molar-refractivity contribution in [2.24, 2.45) is 0 Å². The molecule has 1 aliphatic rings. The SMILES string of the molecule is O=C(OCCCc1nc(-c2cccnc2)no1)c1ccc(Cl)c(S(=O)(=O)N2CCOCC2)c1. The van der Waals surface area contributed by atoms with Gasteiger partial charge in [-0.15, -0.1) is 0 Å². The van der Waals surface area contributed by atoms with Gasteiger partial charge in [-0.3, -0.25) is 4.98 Å². The normalized spacial score (nSPS) is 14.8. The van der Waals surface area contributed by atoms with E-state index in [0.717, 1.165) is 5.56 Å². The first kappa shape index (κ1) is 23.3. The summed E-state index contributed by atoms with van der Waals surface area (Å²) in [6.45, 7) is 1.17. The summed E-state index contributed by atoms with van der Waals surface area (Å²) in [6, 6.07) is 7.65. The second-order valence-electron chi connectivity index (χ2n) is 7.15. The molecule has 0 saturated carbocycles. The van der Waals surface area contributed by atoms with E-state index in [0.29, 0.717) is 37.8 Å². The number of esters is 1. The molecule has 0 bridgehead atoms. The largest absolute Gasteiger partial charge is 0.462 e. The summed E-state index contributed by atoms with van der Waals surface area (Å²) in [5, 5.41) is 3.95. The lowest BCUT2D eigenvalue weighted by atomic mass is 10.2. The lowest BCUT2D eigenvalue weighted by Gasteiger charge is -2.26. The van der Waals surface area contributed by atoms with Crippen LogP contribution in [-0.2, 0) is 25.9 Å². The number of aryl methyl sites for hydroxylation is 1. The van der Waals surface area contributed by atoms with Gasteiger partial charge in [-0.1, -0.05) is 16.8 Å². The molecule has 1 aromatic carbocycles. The number of pyridine rings is 1. The number of morpholine rings is 1. The van der Waals surface area contributed by atoms with Crippen LogP contribution >= 0.6 is 11.6 Å². The van der Waals surface area contributed by atoms with Crippen LogP contribution in [-0.4, -0.2) is 66.7 Å². The molecule has 0 N–H and O–H groups in total. The number of halogens is 1. The number of benzene rings is 1. The summed E-state index contributed by atoms with van der Waals surface area (Å²) in [6.07, 6.45) is 4.15. The van der Waals surface area contributed by atoms with Gasteiger partial charge in [-0.25, -0.2) is 13.2 Å². The molecule has 12 heteroatoms. The Kier molecular flexibility index (Phi) is 7.33. The van der Waals surface area contributed by atoms with Crippen LogP contribution in [0.2, 0.25) is 5.02 Å². The first-order valence-electron chi connectivity index (χ1n) is 10.2. The zero-order chi connectivity index (χ0) is 23.3. The van der Waals surface area contributed by atoms with Crippen molar-refractivity contribution in [2.45, 2.75) is 17.7 Å². The fourth-order valence-corrected chi connectivity index (χ4v) is 5.10. The van der Waals surface area contributed by atoms with Gasteiger partial charge in [0.05, 0.1) is 30.4 Å². The van der Waals surface area contributed by atoms with E-state index in [9.17, 15) is 13.2 Å². The minimum absolute atomic E-state index is 0.0406. The van der Waals surface area contributed by atoms with Gasteiger partial charge in [-0.05, 0) is 36.8 Å². The Morgan fingerprint density at radius 2 is 2.03 bits per heavy atom. The first-order valence-corrected chi connectivity index (χ1v) is 12.0. The van der Waals surface area contributed by atoms with Crippen LogP contribution in [0.25, 0.3) is 11.4 Å². The lowest BCUT2D eigenvalue weighted by molar-refractivity contribution is 0.0498. The molecule has 4 rings (SSSR count). The van der Waals surface area contributed by atoms with Crippen molar-refractivity contribution in [3.8, 4) is 11.4 Å². The van der Waals surface area contributed by atoms with Crippen molar-refractivity contribution in [1.82, 2.24) is 19.4 Å². The number of hydrogen-bond acceptors (Lipinski definition) is 9. The molecule has 0 atom stereocenters. The predicted molar refractivity (Wildman–Crippen MR) is 117 cm³/mol. The minimum Gasteiger partial charge on any atom is -0.462 e. The van der Waals surface area contributed by atoms with Crippen LogP contribution in [0.4, 0.5) is 0 Å². The molecule has 3 aromatic rings. The van der Waals surface area contributed by atoms with E-state index in [1.165, 1.54) is 22.5 Å². The van der Waals surface area contributed by atoms with Crippen LogP contribution in [0, 0.1) is 0 Å². The van der Waals surface area contributed by atoms with Crippen LogP contribution in [0.5, 0.6) is 0 Å². The van der Waals surface area contributed by atoms with Crippen LogP contribution in [0.1, 0.15) is 22.7 Å². The third-order valence-electron chi connectivity index (χ3n) is 4.91. The smallest absolute Gasteiger partial charge is 0.338 e. The second-order valence-corrected chi connectivity index (χ2v) is 9.47. The Morgan fingerprint density at radius 1 is 1.21 bits per heavy atom. The van der Waals surface area contributed by atoms with Crippen molar-refractivity contribution in [3.05, 3.63) is 59.2 Å². The molecular weight excluding hydrogens is 472 g/mol. The molecule has 174 valence electrons. The molecule has 3 heterocycles. The molecule has 1 fully saturated rings. The quantitative estimate of drug-likeness (QED) is 0.344. The summed E-state index contributed by atoms with van der Waals surface area (Å²) < 4.78 is 42.8. The predicted octanol–water partition coefficient (Wildman–Crippen LogP) is 2.60. The van der Waals surface area contributed by atoms with E-state index in [1.54, 1.807) is 18.5 Å². The molecule has 2 aromatic heterocycles. The van der Waals surface area contributed by atoms with E-state index >= 15 is 0 Å². The summed E-state index contributed by atoms with van der Waals surface area (Å²) in [5.41, 5.74) is 0.840.